The van der Waals surface area contributed by atoms with E-state index < -0.39 is 0 Å². The molecule has 0 aromatic heterocycles. The number of nitrogens with zero attached hydrogens (tertiary/aromatic N) is 1. The number of hydrazine groups is 1. The molecule has 0 bridgehead atoms. The van der Waals surface area contributed by atoms with Crippen LogP contribution >= 0.6 is 0 Å². The van der Waals surface area contributed by atoms with Crippen LogP contribution in [0.1, 0.15) is 24.8 Å². The molecule has 0 aliphatic carbocycles. The summed E-state index contributed by atoms with van der Waals surface area (Å²) in [5.74, 6) is 0. The molecule has 2 rings (SSSR count). The number of nitrogens with two attached hydrogens (primary N) is 2. The number of benzene rings is 1. The zero-order valence-electron chi connectivity index (χ0n) is 12.2. The third kappa shape index (κ3) is 4.85. The van der Waals surface area contributed by atoms with Gasteiger partial charge < -0.3 is 11.1 Å². The van der Waals surface area contributed by atoms with Crippen molar-refractivity contribution < 1.29 is 5.43 Å². The number of unbranched alkanes of at least 4 members (excludes halogenated alkanes) is 1. The molecule has 6 N–H and O–H groups in total. The Balaban J connectivity index is 1.62. The number of rotatable bonds is 8. The van der Waals surface area contributed by atoms with Crippen LogP contribution in [0.4, 0.5) is 5.69 Å². The van der Waals surface area contributed by atoms with E-state index in [9.17, 15) is 0 Å². The number of aryl methyl sites for hydroxylation is 1. The minimum Gasteiger partial charge on any atom is -0.399 e. The Morgan fingerprint density at radius 2 is 2.00 bits per heavy atom. The standard InChI is InChI=1S/C15H25N5/c1-17-10-9-15-12-20(19-18-15)11-3-2-4-13-5-7-14(16)8-6-13/h5-8,12,17-19H,2-4,9-11,16H2,1H3/p+1. The van der Waals surface area contributed by atoms with Crippen molar-refractivity contribution in [2.45, 2.75) is 25.7 Å². The summed E-state index contributed by atoms with van der Waals surface area (Å²) in [6.07, 6.45) is 6.78. The Morgan fingerprint density at radius 1 is 1.20 bits per heavy atom. The topological polar surface area (TPSA) is 69.9 Å². The van der Waals surface area contributed by atoms with E-state index >= 15 is 0 Å². The van der Waals surface area contributed by atoms with Crippen molar-refractivity contribution in [1.29, 1.82) is 0 Å². The van der Waals surface area contributed by atoms with E-state index in [1.165, 1.54) is 24.1 Å². The first-order valence-electron chi connectivity index (χ1n) is 7.33. The zero-order chi connectivity index (χ0) is 14.2. The van der Waals surface area contributed by atoms with Crippen molar-refractivity contribution in [3.8, 4) is 0 Å². The van der Waals surface area contributed by atoms with Crippen LogP contribution in [-0.4, -0.2) is 25.1 Å². The van der Waals surface area contributed by atoms with Gasteiger partial charge in [-0.1, -0.05) is 17.7 Å². The molecule has 110 valence electrons. The highest BCUT2D eigenvalue weighted by atomic mass is 15.7. The highest BCUT2D eigenvalue weighted by Gasteiger charge is 2.14. The summed E-state index contributed by atoms with van der Waals surface area (Å²) in [7, 11) is 1.98. The van der Waals surface area contributed by atoms with Crippen molar-refractivity contribution in [2.24, 2.45) is 0 Å². The van der Waals surface area contributed by atoms with E-state index in [1.54, 1.807) is 0 Å². The molecule has 1 aliphatic heterocycles. The highest BCUT2D eigenvalue weighted by Crippen LogP contribution is 2.09. The van der Waals surface area contributed by atoms with E-state index in [0.29, 0.717) is 0 Å². The van der Waals surface area contributed by atoms with Crippen LogP contribution in [0.25, 0.3) is 0 Å². The van der Waals surface area contributed by atoms with Crippen LogP contribution in [0.3, 0.4) is 0 Å². The first kappa shape index (κ1) is 14.8. The summed E-state index contributed by atoms with van der Waals surface area (Å²) >= 11 is 0. The fraction of sp³-hybridized carbons (Fsp3) is 0.467. The molecule has 0 unspecified atom stereocenters. The first-order chi connectivity index (χ1) is 9.78. The molecular formula is C15H26N5+. The molecule has 0 amide bonds. The zero-order valence-corrected chi connectivity index (χ0v) is 12.2. The minimum absolute atomic E-state index is 0.838. The van der Waals surface area contributed by atoms with Crippen molar-refractivity contribution in [1.82, 2.24) is 15.9 Å². The largest absolute Gasteiger partial charge is 0.399 e. The lowest BCUT2D eigenvalue weighted by atomic mass is 10.1. The predicted octanol–water partition coefficient (Wildman–Crippen LogP) is 0.341. The molecule has 1 aromatic carbocycles. The smallest absolute Gasteiger partial charge is 0.145 e. The highest BCUT2D eigenvalue weighted by molar-refractivity contribution is 5.39. The van der Waals surface area contributed by atoms with E-state index in [0.717, 1.165) is 31.6 Å². The van der Waals surface area contributed by atoms with Crippen molar-refractivity contribution in [3.05, 3.63) is 41.7 Å². The molecule has 1 heterocycles. The molecule has 0 radical (unpaired) electrons. The van der Waals surface area contributed by atoms with Crippen LogP contribution in [0, 0.1) is 0 Å². The fourth-order valence-corrected chi connectivity index (χ4v) is 2.27. The van der Waals surface area contributed by atoms with Gasteiger partial charge in [-0.25, -0.2) is 5.43 Å². The number of hydrogen-bond donors (Lipinski definition) is 4. The van der Waals surface area contributed by atoms with Gasteiger partial charge in [-0.15, -0.1) is 0 Å². The summed E-state index contributed by atoms with van der Waals surface area (Å²) in [6.45, 7) is 2.07. The Hall–Kier alpha value is -1.56. The van der Waals surface area contributed by atoms with Gasteiger partial charge in [0, 0.05) is 25.2 Å². The summed E-state index contributed by atoms with van der Waals surface area (Å²) in [6, 6.07) is 8.19. The average Bonchev–Trinajstić information content (AvgIpc) is 2.91. The third-order valence-electron chi connectivity index (χ3n) is 3.50. The van der Waals surface area contributed by atoms with E-state index in [1.807, 2.05) is 19.2 Å². The Morgan fingerprint density at radius 3 is 2.75 bits per heavy atom. The molecule has 1 aromatic rings. The van der Waals surface area contributed by atoms with E-state index in [-0.39, 0.29) is 0 Å². The van der Waals surface area contributed by atoms with Gasteiger partial charge in [-0.2, -0.15) is 0 Å². The van der Waals surface area contributed by atoms with Gasteiger partial charge in [-0.05, 0) is 44.0 Å². The number of nitrogen functional groups attached to an aromatic ring is 1. The second-order valence-electron chi connectivity index (χ2n) is 5.22. The van der Waals surface area contributed by atoms with E-state index in [2.05, 4.69) is 39.6 Å². The monoisotopic (exact) mass is 276 g/mol. The lowest BCUT2D eigenvalue weighted by molar-refractivity contribution is -0.678. The molecule has 1 aliphatic rings. The molecule has 0 fully saturated rings. The minimum atomic E-state index is 0.838. The molecule has 20 heavy (non-hydrogen) atoms. The second-order valence-corrected chi connectivity index (χ2v) is 5.22. The quantitative estimate of drug-likeness (QED) is 0.314. The van der Waals surface area contributed by atoms with Gasteiger partial charge >= 0.3 is 0 Å². The molecule has 0 saturated carbocycles. The molecule has 0 saturated heterocycles. The van der Waals surface area contributed by atoms with Crippen LogP contribution in [0.2, 0.25) is 0 Å². The molecule has 5 heteroatoms. The lowest BCUT2D eigenvalue weighted by Crippen LogP contribution is -2.90. The average molecular weight is 276 g/mol. The third-order valence-corrected chi connectivity index (χ3v) is 3.50. The molecule has 0 spiro atoms. The van der Waals surface area contributed by atoms with Crippen molar-refractivity contribution in [2.75, 3.05) is 25.9 Å². The summed E-state index contributed by atoms with van der Waals surface area (Å²) in [5.41, 5.74) is 14.6. The van der Waals surface area contributed by atoms with Gasteiger partial charge in [0.05, 0.1) is 6.20 Å². The van der Waals surface area contributed by atoms with Gasteiger partial charge in [0.15, 0.2) is 0 Å². The number of nitrogens with one attached hydrogen (secondary N) is 2. The summed E-state index contributed by atoms with van der Waals surface area (Å²) in [5, 5.41) is 5.34. The van der Waals surface area contributed by atoms with Crippen molar-refractivity contribution >= 4 is 5.69 Å². The second kappa shape index (κ2) is 7.89. The maximum absolute atomic E-state index is 5.68. The number of anilines is 1. The van der Waals surface area contributed by atoms with Gasteiger partial charge in [0.1, 0.15) is 5.70 Å². The summed E-state index contributed by atoms with van der Waals surface area (Å²) in [4.78, 5) is 0. The normalized spacial score (nSPS) is 14.7. The van der Waals surface area contributed by atoms with Crippen LogP contribution < -0.4 is 22.0 Å². The molecule has 0 atom stereocenters. The molecule has 5 nitrogen and oxygen atoms in total. The Kier molecular flexibility index (Phi) is 5.86. The van der Waals surface area contributed by atoms with Gasteiger partial charge in [0.2, 0.25) is 0 Å². The predicted molar refractivity (Wildman–Crippen MR) is 82.2 cm³/mol. The maximum atomic E-state index is 5.68. The maximum Gasteiger partial charge on any atom is 0.145 e. The van der Waals surface area contributed by atoms with Crippen LogP contribution in [0.15, 0.2) is 36.2 Å². The fourth-order valence-electron chi connectivity index (χ4n) is 2.27. The number of hydrogen-bond acceptors (Lipinski definition) is 4. The van der Waals surface area contributed by atoms with Crippen LogP contribution in [-0.2, 0) is 6.42 Å². The van der Waals surface area contributed by atoms with Gasteiger partial charge in [0.25, 0.3) is 0 Å². The lowest BCUT2D eigenvalue weighted by Gasteiger charge is -2.11. The molecular weight excluding hydrogens is 250 g/mol. The Labute approximate surface area is 121 Å². The van der Waals surface area contributed by atoms with E-state index in [4.69, 9.17) is 5.73 Å². The number of quaternary nitrogens is 1. The SMILES string of the molecule is CNCCC1=CN(CCCCc2ccc(N)cc2)N[NH2+]1. The van der Waals surface area contributed by atoms with Crippen LogP contribution in [0.5, 0.6) is 0 Å². The first-order valence-corrected chi connectivity index (χ1v) is 7.33. The summed E-state index contributed by atoms with van der Waals surface area (Å²) < 4.78 is 0. The Bertz CT molecular complexity index is 426. The van der Waals surface area contributed by atoms with Crippen molar-refractivity contribution in [3.63, 3.8) is 0 Å². The van der Waals surface area contributed by atoms with Gasteiger partial charge in [-0.3, -0.25) is 5.01 Å².